The third-order valence-electron chi connectivity index (χ3n) is 2.68. The van der Waals surface area contributed by atoms with Crippen molar-refractivity contribution >= 4 is 23.1 Å². The van der Waals surface area contributed by atoms with Gasteiger partial charge in [-0.05, 0) is 13.3 Å². The van der Waals surface area contributed by atoms with Crippen LogP contribution in [0, 0.1) is 6.92 Å². The fourth-order valence-electron chi connectivity index (χ4n) is 1.70. The molecule has 2 rings (SSSR count). The van der Waals surface area contributed by atoms with Gasteiger partial charge < -0.3 is 11.1 Å². The lowest BCUT2D eigenvalue weighted by Crippen LogP contribution is -2.22. The number of aromatic nitrogens is 3. The van der Waals surface area contributed by atoms with Crippen LogP contribution in [0.2, 0.25) is 0 Å². The van der Waals surface area contributed by atoms with Crippen LogP contribution in [-0.4, -0.2) is 27.7 Å². The quantitative estimate of drug-likeness (QED) is 0.906. The second-order valence-electron chi connectivity index (χ2n) is 4.35. The number of nitrogens with zero attached hydrogens (tertiary/aromatic N) is 3. The number of aryl methyl sites for hydroxylation is 2. The summed E-state index contributed by atoms with van der Waals surface area (Å²) in [6.07, 6.45) is -1.74. The molecule has 0 atom stereocenters. The van der Waals surface area contributed by atoms with Crippen LogP contribution in [0.1, 0.15) is 17.5 Å². The molecule has 0 saturated heterocycles. The summed E-state index contributed by atoms with van der Waals surface area (Å²) >= 11 is 1.47. The van der Waals surface area contributed by atoms with Crippen LogP contribution < -0.4 is 11.1 Å². The molecule has 2 aromatic heterocycles. The van der Waals surface area contributed by atoms with Crippen molar-refractivity contribution in [1.29, 1.82) is 0 Å². The van der Waals surface area contributed by atoms with E-state index in [0.29, 0.717) is 16.3 Å². The van der Waals surface area contributed by atoms with E-state index in [2.05, 4.69) is 20.3 Å². The maximum Gasteiger partial charge on any atom is 0.405 e. The highest BCUT2D eigenvalue weighted by Crippen LogP contribution is 2.32. The predicted molar refractivity (Wildman–Crippen MR) is 76.2 cm³/mol. The van der Waals surface area contributed by atoms with Crippen LogP contribution in [0.3, 0.4) is 0 Å². The maximum atomic E-state index is 12.2. The largest absolute Gasteiger partial charge is 0.405 e. The Hall–Kier alpha value is -1.90. The zero-order valence-electron chi connectivity index (χ0n) is 11.5. The van der Waals surface area contributed by atoms with Crippen LogP contribution in [0.15, 0.2) is 6.20 Å². The van der Waals surface area contributed by atoms with Crippen molar-refractivity contribution < 1.29 is 13.2 Å². The van der Waals surface area contributed by atoms with E-state index in [-0.39, 0.29) is 11.8 Å². The third-order valence-corrected chi connectivity index (χ3v) is 3.84. The van der Waals surface area contributed by atoms with Gasteiger partial charge in [-0.25, -0.2) is 9.97 Å². The Morgan fingerprint density at radius 3 is 2.57 bits per heavy atom. The van der Waals surface area contributed by atoms with Crippen LogP contribution in [-0.2, 0) is 6.42 Å². The van der Waals surface area contributed by atoms with Crippen molar-refractivity contribution in [2.75, 3.05) is 17.6 Å². The minimum atomic E-state index is -4.34. The molecule has 9 heteroatoms. The zero-order valence-corrected chi connectivity index (χ0v) is 12.3. The van der Waals surface area contributed by atoms with E-state index in [1.54, 1.807) is 13.1 Å². The Morgan fingerprint density at radius 1 is 1.33 bits per heavy atom. The molecular formula is C12H14F3N5S. The molecule has 21 heavy (non-hydrogen) atoms. The summed E-state index contributed by atoms with van der Waals surface area (Å²) in [6.45, 7) is 2.47. The number of halogens is 3. The number of anilines is 2. The number of thiazole rings is 1. The summed E-state index contributed by atoms with van der Waals surface area (Å²) in [6, 6.07) is 0. The van der Waals surface area contributed by atoms with Crippen LogP contribution in [0.25, 0.3) is 10.6 Å². The van der Waals surface area contributed by atoms with Gasteiger partial charge in [0.15, 0.2) is 0 Å². The molecule has 0 aliphatic rings. The van der Waals surface area contributed by atoms with Crippen molar-refractivity contribution in [2.24, 2.45) is 0 Å². The SMILES string of the molecule is CCc1cnc(-c2c(C)nc(NCC(F)(F)F)nc2N)s1. The molecular weight excluding hydrogens is 303 g/mol. The first-order chi connectivity index (χ1) is 9.80. The number of rotatable bonds is 4. The Balaban J connectivity index is 2.29. The molecule has 0 amide bonds. The first-order valence-electron chi connectivity index (χ1n) is 6.20. The molecule has 0 aliphatic carbocycles. The molecule has 114 valence electrons. The molecule has 5 nitrogen and oxygen atoms in total. The van der Waals surface area contributed by atoms with Gasteiger partial charge in [0.1, 0.15) is 17.4 Å². The molecule has 2 aromatic rings. The lowest BCUT2D eigenvalue weighted by atomic mass is 10.2. The summed E-state index contributed by atoms with van der Waals surface area (Å²) in [4.78, 5) is 13.2. The second-order valence-corrected chi connectivity index (χ2v) is 5.46. The van der Waals surface area contributed by atoms with Gasteiger partial charge >= 0.3 is 6.18 Å². The third kappa shape index (κ3) is 3.81. The van der Waals surface area contributed by atoms with E-state index in [1.807, 2.05) is 6.92 Å². The molecule has 0 aromatic carbocycles. The molecule has 0 spiro atoms. The highest BCUT2D eigenvalue weighted by molar-refractivity contribution is 7.15. The second kappa shape index (κ2) is 5.84. The summed E-state index contributed by atoms with van der Waals surface area (Å²) in [5, 5.41) is 2.79. The van der Waals surface area contributed by atoms with Crippen molar-refractivity contribution in [2.45, 2.75) is 26.4 Å². The molecule has 0 unspecified atom stereocenters. The number of hydrogen-bond acceptors (Lipinski definition) is 6. The Morgan fingerprint density at radius 2 is 2.05 bits per heavy atom. The lowest BCUT2D eigenvalue weighted by Gasteiger charge is -2.11. The van der Waals surface area contributed by atoms with Gasteiger partial charge in [0.05, 0.1) is 11.3 Å². The number of nitrogens with two attached hydrogens (primary N) is 1. The van der Waals surface area contributed by atoms with Gasteiger partial charge in [0.2, 0.25) is 5.95 Å². The van der Waals surface area contributed by atoms with E-state index in [1.165, 1.54) is 11.3 Å². The fraction of sp³-hybridized carbons (Fsp3) is 0.417. The summed E-state index contributed by atoms with van der Waals surface area (Å²) in [5.74, 6) is -0.0254. The van der Waals surface area contributed by atoms with E-state index >= 15 is 0 Å². The summed E-state index contributed by atoms with van der Waals surface area (Å²) < 4.78 is 36.5. The van der Waals surface area contributed by atoms with Crippen LogP contribution in [0.4, 0.5) is 24.9 Å². The predicted octanol–water partition coefficient (Wildman–Crippen LogP) is 3.03. The van der Waals surface area contributed by atoms with E-state index in [0.717, 1.165) is 11.3 Å². The Bertz CT molecular complexity index is 615. The average Bonchev–Trinajstić information content (AvgIpc) is 2.83. The average molecular weight is 317 g/mol. The molecule has 0 radical (unpaired) electrons. The van der Waals surface area contributed by atoms with Crippen LogP contribution in [0.5, 0.6) is 0 Å². The van der Waals surface area contributed by atoms with E-state index in [9.17, 15) is 13.2 Å². The highest BCUT2D eigenvalue weighted by Gasteiger charge is 2.27. The zero-order chi connectivity index (χ0) is 15.6. The highest BCUT2D eigenvalue weighted by atomic mass is 32.1. The standard InChI is InChI=1S/C12H14F3N5S/c1-3-7-4-17-10(21-7)8-6(2)19-11(20-9(8)16)18-5-12(13,14)15/h4H,3,5H2,1-2H3,(H3,16,18,19,20). The molecule has 0 bridgehead atoms. The molecule has 0 fully saturated rings. The molecule has 3 N–H and O–H groups in total. The van der Waals surface area contributed by atoms with Gasteiger partial charge in [0.25, 0.3) is 0 Å². The number of alkyl halides is 3. The minimum absolute atomic E-state index is 0.115. The molecule has 2 heterocycles. The first kappa shape index (κ1) is 15.5. The molecule has 0 aliphatic heterocycles. The summed E-state index contributed by atoms with van der Waals surface area (Å²) in [7, 11) is 0. The maximum absolute atomic E-state index is 12.2. The monoisotopic (exact) mass is 317 g/mol. The smallest absolute Gasteiger partial charge is 0.383 e. The van der Waals surface area contributed by atoms with Gasteiger partial charge in [-0.2, -0.15) is 18.2 Å². The van der Waals surface area contributed by atoms with Crippen LogP contribution >= 0.6 is 11.3 Å². The van der Waals surface area contributed by atoms with Gasteiger partial charge in [0, 0.05) is 11.1 Å². The molecule has 0 saturated carbocycles. The number of nitrogen functional groups attached to an aromatic ring is 1. The lowest BCUT2D eigenvalue weighted by molar-refractivity contribution is -0.115. The Kier molecular flexibility index (Phi) is 4.31. The minimum Gasteiger partial charge on any atom is -0.383 e. The first-order valence-corrected chi connectivity index (χ1v) is 7.01. The topological polar surface area (TPSA) is 76.7 Å². The Labute approximate surface area is 123 Å². The van der Waals surface area contributed by atoms with Gasteiger partial charge in [-0.3, -0.25) is 0 Å². The van der Waals surface area contributed by atoms with Gasteiger partial charge in [-0.15, -0.1) is 11.3 Å². The van der Waals surface area contributed by atoms with E-state index in [4.69, 9.17) is 5.73 Å². The summed E-state index contributed by atoms with van der Waals surface area (Å²) in [5.41, 5.74) is 6.90. The van der Waals surface area contributed by atoms with Crippen molar-refractivity contribution in [1.82, 2.24) is 15.0 Å². The normalized spacial score (nSPS) is 11.7. The van der Waals surface area contributed by atoms with E-state index < -0.39 is 12.7 Å². The number of nitrogens with one attached hydrogen (secondary N) is 1. The van der Waals surface area contributed by atoms with Gasteiger partial charge in [-0.1, -0.05) is 6.92 Å². The van der Waals surface area contributed by atoms with Crippen molar-refractivity contribution in [3.05, 3.63) is 16.8 Å². The number of hydrogen-bond donors (Lipinski definition) is 2. The fourth-order valence-corrected chi connectivity index (χ4v) is 2.66. The van der Waals surface area contributed by atoms with Crippen molar-refractivity contribution in [3.8, 4) is 10.6 Å². The van der Waals surface area contributed by atoms with Crippen molar-refractivity contribution in [3.63, 3.8) is 0 Å².